The second-order valence-corrected chi connectivity index (χ2v) is 7.77. The zero-order valence-electron chi connectivity index (χ0n) is 17.8. The third kappa shape index (κ3) is 5.78. The molecule has 1 aliphatic heterocycles. The van der Waals surface area contributed by atoms with Gasteiger partial charge in [-0.15, -0.1) is 0 Å². The van der Waals surface area contributed by atoms with Gasteiger partial charge in [-0.3, -0.25) is 14.4 Å². The maximum Gasteiger partial charge on any atom is 0.245 e. The molecule has 0 spiro atoms. The van der Waals surface area contributed by atoms with Gasteiger partial charge in [-0.1, -0.05) is 42.5 Å². The van der Waals surface area contributed by atoms with E-state index in [4.69, 9.17) is 0 Å². The standard InChI is InChI=1S/C24H25F2N3O3/c1-15(27-22(30)13-16-11-18(25)14-19(26)12-16)23(31)28-20-9-6-10-21(29(2)24(20)32)17-7-4-3-5-8-17/h3-8,10-12,14-15,20-21H,9,13H2,1-2H3,(H,27,30)(H,28,31)/t15-,20-,21-/m0/s1. The number of hydrogen-bond donors (Lipinski definition) is 2. The van der Waals surface area contributed by atoms with Gasteiger partial charge in [-0.25, -0.2) is 8.78 Å². The van der Waals surface area contributed by atoms with E-state index in [1.807, 2.05) is 42.5 Å². The van der Waals surface area contributed by atoms with Gasteiger partial charge in [0.05, 0.1) is 12.5 Å². The van der Waals surface area contributed by atoms with Crippen molar-refractivity contribution in [1.82, 2.24) is 15.5 Å². The Morgan fingerprint density at radius 2 is 1.78 bits per heavy atom. The number of amides is 3. The molecule has 1 heterocycles. The molecule has 3 rings (SSSR count). The molecule has 0 bridgehead atoms. The van der Waals surface area contributed by atoms with Gasteiger partial charge < -0.3 is 15.5 Å². The zero-order valence-corrected chi connectivity index (χ0v) is 17.8. The van der Waals surface area contributed by atoms with Crippen molar-refractivity contribution in [3.05, 3.63) is 83.4 Å². The average molecular weight is 441 g/mol. The van der Waals surface area contributed by atoms with Crippen LogP contribution in [0.2, 0.25) is 0 Å². The molecule has 0 saturated heterocycles. The van der Waals surface area contributed by atoms with Crippen LogP contribution in [-0.2, 0) is 20.8 Å². The Bertz CT molecular complexity index is 1010. The lowest BCUT2D eigenvalue weighted by Crippen LogP contribution is -2.52. The van der Waals surface area contributed by atoms with Crippen molar-refractivity contribution in [1.29, 1.82) is 0 Å². The summed E-state index contributed by atoms with van der Waals surface area (Å²) in [6.07, 6.45) is 3.81. The summed E-state index contributed by atoms with van der Waals surface area (Å²) in [6.45, 7) is 1.48. The first-order valence-electron chi connectivity index (χ1n) is 10.3. The monoisotopic (exact) mass is 441 g/mol. The number of carbonyl (C=O) groups is 3. The van der Waals surface area contributed by atoms with Gasteiger partial charge in [0.25, 0.3) is 0 Å². The molecule has 6 nitrogen and oxygen atoms in total. The molecule has 0 fully saturated rings. The molecule has 2 N–H and O–H groups in total. The van der Waals surface area contributed by atoms with Crippen LogP contribution >= 0.6 is 0 Å². The van der Waals surface area contributed by atoms with E-state index in [2.05, 4.69) is 10.6 Å². The Balaban J connectivity index is 1.58. The van der Waals surface area contributed by atoms with Crippen molar-refractivity contribution in [3.63, 3.8) is 0 Å². The summed E-state index contributed by atoms with van der Waals surface area (Å²) < 4.78 is 26.6. The van der Waals surface area contributed by atoms with Crippen LogP contribution in [-0.4, -0.2) is 41.8 Å². The summed E-state index contributed by atoms with van der Waals surface area (Å²) in [5.41, 5.74) is 1.12. The lowest BCUT2D eigenvalue weighted by Gasteiger charge is -2.28. The fourth-order valence-electron chi connectivity index (χ4n) is 3.62. The first-order chi connectivity index (χ1) is 15.2. The summed E-state index contributed by atoms with van der Waals surface area (Å²) in [6, 6.07) is 10.4. The summed E-state index contributed by atoms with van der Waals surface area (Å²) >= 11 is 0. The first kappa shape index (κ1) is 23.1. The second-order valence-electron chi connectivity index (χ2n) is 7.77. The van der Waals surface area contributed by atoms with Crippen molar-refractivity contribution in [2.45, 2.75) is 37.9 Å². The largest absolute Gasteiger partial charge is 0.344 e. The van der Waals surface area contributed by atoms with Crippen LogP contribution < -0.4 is 10.6 Å². The van der Waals surface area contributed by atoms with Gasteiger partial charge in [0.2, 0.25) is 17.7 Å². The number of likely N-dealkylation sites (N-methyl/N-ethyl adjacent to an activating group) is 1. The summed E-state index contributed by atoms with van der Waals surface area (Å²) in [5.74, 6) is -2.90. The minimum Gasteiger partial charge on any atom is -0.344 e. The highest BCUT2D eigenvalue weighted by molar-refractivity contribution is 5.92. The van der Waals surface area contributed by atoms with Crippen LogP contribution in [0.4, 0.5) is 8.78 Å². The predicted molar refractivity (Wildman–Crippen MR) is 115 cm³/mol. The summed E-state index contributed by atoms with van der Waals surface area (Å²) in [4.78, 5) is 39.3. The van der Waals surface area contributed by atoms with E-state index in [1.54, 1.807) is 11.9 Å². The molecule has 3 atom stereocenters. The van der Waals surface area contributed by atoms with E-state index in [9.17, 15) is 23.2 Å². The number of nitrogens with one attached hydrogen (secondary N) is 2. The van der Waals surface area contributed by atoms with Crippen molar-refractivity contribution < 1.29 is 23.2 Å². The highest BCUT2D eigenvalue weighted by atomic mass is 19.1. The lowest BCUT2D eigenvalue weighted by atomic mass is 10.1. The molecular weight excluding hydrogens is 416 g/mol. The highest BCUT2D eigenvalue weighted by Gasteiger charge is 2.31. The smallest absolute Gasteiger partial charge is 0.245 e. The SMILES string of the molecule is C[C@H](NC(=O)Cc1cc(F)cc(F)c1)C(=O)N[C@H]1CC=C[C@@H](c2ccccc2)N(C)C1=O. The molecule has 2 aromatic rings. The van der Waals surface area contributed by atoms with Crippen molar-refractivity contribution in [3.8, 4) is 0 Å². The van der Waals surface area contributed by atoms with Gasteiger partial charge in [0.15, 0.2) is 0 Å². The maximum absolute atomic E-state index is 13.3. The Morgan fingerprint density at radius 3 is 2.44 bits per heavy atom. The molecule has 8 heteroatoms. The Labute approximate surface area is 185 Å². The molecule has 0 saturated carbocycles. The van der Waals surface area contributed by atoms with Crippen LogP contribution in [0.1, 0.15) is 30.5 Å². The van der Waals surface area contributed by atoms with Crippen LogP contribution in [0.5, 0.6) is 0 Å². The number of hydrogen-bond acceptors (Lipinski definition) is 3. The van der Waals surface area contributed by atoms with Crippen LogP contribution in [0.15, 0.2) is 60.7 Å². The molecule has 3 amide bonds. The van der Waals surface area contributed by atoms with Crippen LogP contribution in [0.25, 0.3) is 0 Å². The quantitative estimate of drug-likeness (QED) is 0.677. The number of rotatable bonds is 6. The normalized spacial score (nSPS) is 19.2. The molecule has 1 aliphatic rings. The van der Waals surface area contributed by atoms with Crippen molar-refractivity contribution in [2.75, 3.05) is 7.05 Å². The van der Waals surface area contributed by atoms with Gasteiger partial charge in [-0.05, 0) is 36.6 Å². The topological polar surface area (TPSA) is 78.5 Å². The third-order valence-electron chi connectivity index (χ3n) is 5.27. The van der Waals surface area contributed by atoms with Gasteiger partial charge in [0, 0.05) is 13.1 Å². The van der Waals surface area contributed by atoms with E-state index >= 15 is 0 Å². The van der Waals surface area contributed by atoms with E-state index in [0.717, 1.165) is 23.8 Å². The number of carbonyl (C=O) groups excluding carboxylic acids is 3. The Morgan fingerprint density at radius 1 is 1.12 bits per heavy atom. The minimum atomic E-state index is -0.934. The Hall–Kier alpha value is -3.55. The van der Waals surface area contributed by atoms with Crippen molar-refractivity contribution in [2.24, 2.45) is 0 Å². The summed E-state index contributed by atoms with van der Waals surface area (Å²) in [5, 5.41) is 5.18. The van der Waals surface area contributed by atoms with Crippen molar-refractivity contribution >= 4 is 17.7 Å². The van der Waals surface area contributed by atoms with Gasteiger partial charge >= 0.3 is 0 Å². The van der Waals surface area contributed by atoms with Gasteiger partial charge in [0.1, 0.15) is 23.7 Å². The molecule has 0 aromatic heterocycles. The Kier molecular flexibility index (Phi) is 7.35. The molecule has 32 heavy (non-hydrogen) atoms. The average Bonchev–Trinajstić information content (AvgIpc) is 2.87. The van der Waals surface area contributed by atoms with Gasteiger partial charge in [-0.2, -0.15) is 0 Å². The lowest BCUT2D eigenvalue weighted by molar-refractivity contribution is -0.137. The fraction of sp³-hybridized carbons (Fsp3) is 0.292. The number of nitrogens with zero attached hydrogens (tertiary/aromatic N) is 1. The molecule has 0 radical (unpaired) electrons. The molecule has 2 aromatic carbocycles. The molecule has 0 unspecified atom stereocenters. The molecule has 0 aliphatic carbocycles. The van der Waals surface area contributed by atoms with Crippen LogP contribution in [0, 0.1) is 11.6 Å². The van der Waals surface area contributed by atoms with E-state index in [0.29, 0.717) is 6.42 Å². The molecule has 168 valence electrons. The maximum atomic E-state index is 13.3. The summed E-state index contributed by atoms with van der Waals surface area (Å²) in [7, 11) is 1.68. The minimum absolute atomic E-state index is 0.158. The molecular formula is C24H25F2N3O3. The fourth-order valence-corrected chi connectivity index (χ4v) is 3.62. The number of benzene rings is 2. The highest BCUT2D eigenvalue weighted by Crippen LogP contribution is 2.24. The first-order valence-corrected chi connectivity index (χ1v) is 10.3. The predicted octanol–water partition coefficient (Wildman–Crippen LogP) is 2.66. The van der Waals surface area contributed by atoms with E-state index in [1.165, 1.54) is 6.92 Å². The van der Waals surface area contributed by atoms with Crippen LogP contribution in [0.3, 0.4) is 0 Å². The van der Waals surface area contributed by atoms with E-state index < -0.39 is 35.5 Å². The zero-order chi connectivity index (χ0) is 23.3. The second kappa shape index (κ2) is 10.2. The third-order valence-corrected chi connectivity index (χ3v) is 5.27. The number of halogens is 2. The van der Waals surface area contributed by atoms with E-state index in [-0.39, 0.29) is 23.9 Å².